The van der Waals surface area contributed by atoms with Gasteiger partial charge in [0.2, 0.25) is 5.91 Å². The Kier molecular flexibility index (Phi) is 6.49. The summed E-state index contributed by atoms with van der Waals surface area (Å²) in [7, 11) is 0. The van der Waals surface area contributed by atoms with Crippen LogP contribution in [0, 0.1) is 6.92 Å². The zero-order valence-electron chi connectivity index (χ0n) is 12.8. The Labute approximate surface area is 127 Å². The summed E-state index contributed by atoms with van der Waals surface area (Å²) in [5.41, 5.74) is -0.673. The molecule has 0 aliphatic rings. The fraction of sp³-hybridized carbons (Fsp3) is 0.467. The molecule has 7 heteroatoms. The number of aryl methyl sites for hydroxylation is 1. The molecule has 0 aliphatic heterocycles. The van der Waals surface area contributed by atoms with Crippen molar-refractivity contribution in [3.05, 3.63) is 44.8 Å². The van der Waals surface area contributed by atoms with Crippen molar-refractivity contribution in [3.8, 4) is 0 Å². The molecule has 1 N–H and O–H groups in total. The van der Waals surface area contributed by atoms with Crippen molar-refractivity contribution in [1.82, 2.24) is 9.55 Å². The summed E-state index contributed by atoms with van der Waals surface area (Å²) >= 11 is 0. The van der Waals surface area contributed by atoms with Gasteiger partial charge in [0.1, 0.15) is 0 Å². The quantitative estimate of drug-likeness (QED) is 0.463. The van der Waals surface area contributed by atoms with Crippen LogP contribution in [0.1, 0.15) is 43.0 Å². The summed E-state index contributed by atoms with van der Waals surface area (Å²) in [6.45, 7) is 6.81. The molecule has 0 aromatic carbocycles. The Morgan fingerprint density at radius 1 is 1.27 bits per heavy atom. The highest BCUT2D eigenvalue weighted by Crippen LogP contribution is 2.02. The first kappa shape index (κ1) is 17.6. The smallest absolute Gasteiger partial charge is 0.335 e. The molecule has 0 amide bonds. The second-order valence-electron chi connectivity index (χ2n) is 5.04. The van der Waals surface area contributed by atoms with E-state index in [0.717, 1.165) is 0 Å². The molecule has 0 unspecified atom stereocenters. The number of esters is 1. The minimum atomic E-state index is -0.726. The van der Waals surface area contributed by atoms with E-state index >= 15 is 0 Å². The maximum atomic E-state index is 11.9. The molecule has 0 spiro atoms. The summed E-state index contributed by atoms with van der Waals surface area (Å²) in [4.78, 5) is 48.7. The molecule has 1 heterocycles. The fourth-order valence-corrected chi connectivity index (χ4v) is 1.75. The van der Waals surface area contributed by atoms with Crippen LogP contribution in [-0.4, -0.2) is 28.0 Å². The minimum Gasteiger partial charge on any atom is -0.462 e. The van der Waals surface area contributed by atoms with Gasteiger partial charge in [-0.25, -0.2) is 9.59 Å². The SMILES string of the molecule is C=C(C)C(=O)OCCCCCC(=O)n1c(=O)[nH]cc(C)c1=O. The van der Waals surface area contributed by atoms with Crippen molar-refractivity contribution in [2.75, 3.05) is 6.61 Å². The van der Waals surface area contributed by atoms with E-state index in [9.17, 15) is 19.2 Å². The van der Waals surface area contributed by atoms with Gasteiger partial charge in [0.05, 0.1) is 6.61 Å². The van der Waals surface area contributed by atoms with Crippen molar-refractivity contribution in [1.29, 1.82) is 0 Å². The Balaban J connectivity index is 2.41. The van der Waals surface area contributed by atoms with Crippen LogP contribution in [0.25, 0.3) is 0 Å². The number of carbonyl (C=O) groups excluding carboxylic acids is 2. The van der Waals surface area contributed by atoms with Crippen LogP contribution in [0.5, 0.6) is 0 Å². The molecule has 0 saturated carbocycles. The van der Waals surface area contributed by atoms with Gasteiger partial charge in [0.15, 0.2) is 0 Å². The maximum absolute atomic E-state index is 11.9. The van der Waals surface area contributed by atoms with Gasteiger partial charge in [-0.3, -0.25) is 9.59 Å². The Morgan fingerprint density at radius 3 is 2.59 bits per heavy atom. The number of hydrogen-bond acceptors (Lipinski definition) is 5. The standard InChI is InChI=1S/C15H20N2O5/c1-10(2)14(20)22-8-6-4-5-7-12(18)17-13(19)11(3)9-16-15(17)21/h9H,1,4-8H2,2-3H3,(H,16,21). The van der Waals surface area contributed by atoms with Gasteiger partial charge in [-0.1, -0.05) is 6.58 Å². The second-order valence-corrected chi connectivity index (χ2v) is 5.04. The largest absolute Gasteiger partial charge is 0.462 e. The average Bonchev–Trinajstić information content (AvgIpc) is 2.46. The van der Waals surface area contributed by atoms with Crippen LogP contribution in [-0.2, 0) is 9.53 Å². The molecule has 0 fully saturated rings. The average molecular weight is 308 g/mol. The lowest BCUT2D eigenvalue weighted by molar-refractivity contribution is -0.139. The van der Waals surface area contributed by atoms with Crippen molar-refractivity contribution in [2.45, 2.75) is 39.5 Å². The third-order valence-electron chi connectivity index (χ3n) is 3.02. The lowest BCUT2D eigenvalue weighted by Gasteiger charge is -2.05. The van der Waals surface area contributed by atoms with Crippen LogP contribution in [0.15, 0.2) is 27.9 Å². The molecule has 1 aromatic heterocycles. The Bertz CT molecular complexity index is 684. The fourth-order valence-electron chi connectivity index (χ4n) is 1.75. The zero-order chi connectivity index (χ0) is 16.7. The molecule has 1 rings (SSSR count). The number of hydrogen-bond donors (Lipinski definition) is 1. The van der Waals surface area contributed by atoms with E-state index < -0.39 is 23.1 Å². The van der Waals surface area contributed by atoms with Crippen LogP contribution >= 0.6 is 0 Å². The van der Waals surface area contributed by atoms with Gasteiger partial charge < -0.3 is 9.72 Å². The van der Waals surface area contributed by atoms with Gasteiger partial charge in [0.25, 0.3) is 5.56 Å². The predicted octanol–water partition coefficient (Wildman–Crippen LogP) is 1.16. The van der Waals surface area contributed by atoms with Crippen LogP contribution in [0.3, 0.4) is 0 Å². The predicted molar refractivity (Wildman–Crippen MR) is 80.9 cm³/mol. The van der Waals surface area contributed by atoms with Gasteiger partial charge >= 0.3 is 11.7 Å². The van der Waals surface area contributed by atoms with E-state index in [4.69, 9.17) is 4.74 Å². The van der Waals surface area contributed by atoms with Gasteiger partial charge in [-0.15, -0.1) is 0 Å². The van der Waals surface area contributed by atoms with E-state index in [-0.39, 0.29) is 13.0 Å². The van der Waals surface area contributed by atoms with Crippen molar-refractivity contribution < 1.29 is 14.3 Å². The van der Waals surface area contributed by atoms with Crippen LogP contribution in [0.2, 0.25) is 0 Å². The number of aromatic amines is 1. The number of H-pyrrole nitrogens is 1. The first-order valence-electron chi connectivity index (χ1n) is 7.01. The number of nitrogens with one attached hydrogen (secondary N) is 1. The number of unbranched alkanes of at least 4 members (excludes halogenated alkanes) is 2. The lowest BCUT2D eigenvalue weighted by Crippen LogP contribution is -2.40. The van der Waals surface area contributed by atoms with E-state index in [0.29, 0.717) is 35.0 Å². The molecule has 1 aromatic rings. The third kappa shape index (κ3) is 4.83. The first-order chi connectivity index (χ1) is 10.3. The number of rotatable bonds is 7. The summed E-state index contributed by atoms with van der Waals surface area (Å²) < 4.78 is 5.54. The van der Waals surface area contributed by atoms with E-state index in [1.165, 1.54) is 13.1 Å². The number of aromatic nitrogens is 2. The number of nitrogens with zero attached hydrogens (tertiary/aromatic N) is 1. The Hall–Kier alpha value is -2.44. The molecule has 0 bridgehead atoms. The third-order valence-corrected chi connectivity index (χ3v) is 3.02. The summed E-state index contributed by atoms with van der Waals surface area (Å²) in [5, 5.41) is 0. The lowest BCUT2D eigenvalue weighted by atomic mass is 10.2. The molecule has 0 aliphatic carbocycles. The molecule has 0 atom stereocenters. The minimum absolute atomic E-state index is 0.0842. The summed E-state index contributed by atoms with van der Waals surface area (Å²) in [5.74, 6) is -0.970. The number of carbonyl (C=O) groups is 2. The van der Waals surface area contributed by atoms with Gasteiger partial charge in [-0.05, 0) is 33.1 Å². The zero-order valence-corrected chi connectivity index (χ0v) is 12.8. The molecule has 7 nitrogen and oxygen atoms in total. The van der Waals surface area contributed by atoms with Gasteiger partial charge in [0, 0.05) is 23.8 Å². The van der Waals surface area contributed by atoms with E-state index in [1.54, 1.807) is 6.92 Å². The summed E-state index contributed by atoms with van der Waals surface area (Å²) in [6, 6.07) is 0. The molecule has 120 valence electrons. The van der Waals surface area contributed by atoms with Gasteiger partial charge in [-0.2, -0.15) is 4.57 Å². The van der Waals surface area contributed by atoms with Crippen molar-refractivity contribution in [3.63, 3.8) is 0 Å². The Morgan fingerprint density at radius 2 is 1.95 bits per heavy atom. The van der Waals surface area contributed by atoms with Crippen molar-refractivity contribution in [2.24, 2.45) is 0 Å². The normalized spacial score (nSPS) is 10.3. The summed E-state index contributed by atoms with van der Waals surface area (Å²) in [6.07, 6.45) is 3.12. The highest BCUT2D eigenvalue weighted by atomic mass is 16.5. The molecule has 0 radical (unpaired) electrons. The number of ether oxygens (including phenoxy) is 1. The molecule has 22 heavy (non-hydrogen) atoms. The van der Waals surface area contributed by atoms with E-state index in [2.05, 4.69) is 11.6 Å². The maximum Gasteiger partial charge on any atom is 0.335 e. The molecular weight excluding hydrogens is 288 g/mol. The highest BCUT2D eigenvalue weighted by Gasteiger charge is 2.12. The van der Waals surface area contributed by atoms with E-state index in [1.807, 2.05) is 0 Å². The highest BCUT2D eigenvalue weighted by molar-refractivity contribution is 5.86. The van der Waals surface area contributed by atoms with Crippen LogP contribution in [0.4, 0.5) is 0 Å². The molecular formula is C15H20N2O5. The topological polar surface area (TPSA) is 98.2 Å². The monoisotopic (exact) mass is 308 g/mol. The first-order valence-corrected chi connectivity index (χ1v) is 7.01. The second kappa shape index (κ2) is 8.11. The molecule has 0 saturated heterocycles. The van der Waals surface area contributed by atoms with Crippen LogP contribution < -0.4 is 11.2 Å². The van der Waals surface area contributed by atoms with Crippen molar-refractivity contribution >= 4 is 11.9 Å².